The average Bonchev–Trinajstić information content (AvgIpc) is 3.75. The molecule has 1 aliphatic heterocycles. The highest BCUT2D eigenvalue weighted by Gasteiger charge is 2.42. The van der Waals surface area contributed by atoms with Crippen LogP contribution in [0.2, 0.25) is 0 Å². The minimum absolute atomic E-state index is 0.00515. The molecule has 12 heteroatoms. The number of aldehydes is 1. The van der Waals surface area contributed by atoms with Crippen molar-refractivity contribution in [3.05, 3.63) is 58.5 Å². The number of primary amides is 1. The third kappa shape index (κ3) is 5.58. The number of hydrogen-bond acceptors (Lipinski definition) is 10. The van der Waals surface area contributed by atoms with Crippen molar-refractivity contribution in [3.63, 3.8) is 0 Å². The molecule has 3 aliphatic rings. The smallest absolute Gasteiger partial charge is 0.262 e. The van der Waals surface area contributed by atoms with Gasteiger partial charge in [0.05, 0.1) is 22.9 Å². The van der Waals surface area contributed by atoms with Crippen LogP contribution in [0.1, 0.15) is 70.5 Å². The summed E-state index contributed by atoms with van der Waals surface area (Å²) >= 11 is 0. The Kier molecular flexibility index (Phi) is 7.64. The fourth-order valence-corrected chi connectivity index (χ4v) is 5.15. The molecule has 12 nitrogen and oxygen atoms in total. The van der Waals surface area contributed by atoms with E-state index in [2.05, 4.69) is 10.3 Å². The first kappa shape index (κ1) is 27.7. The molecule has 41 heavy (non-hydrogen) atoms. The van der Waals surface area contributed by atoms with Crippen LogP contribution in [-0.4, -0.2) is 64.4 Å². The Morgan fingerprint density at radius 1 is 1.17 bits per heavy atom. The molecule has 1 aromatic heterocycles. The molecule has 0 radical (unpaired) electrons. The number of rotatable bonds is 12. The van der Waals surface area contributed by atoms with Crippen molar-refractivity contribution in [2.45, 2.75) is 56.7 Å². The highest BCUT2D eigenvalue weighted by Crippen LogP contribution is 2.37. The third-order valence-corrected chi connectivity index (χ3v) is 7.74. The van der Waals surface area contributed by atoms with Crippen molar-refractivity contribution in [3.8, 4) is 0 Å². The SMILES string of the molecule is N=Cc1cnc(C(C=NC2CC(Nc3ccc4c(c3)C(=O)N(C(CCC=O)C(N)=O)C4=O)C2)=C(N)C2CC2)cc1N. The zero-order valence-corrected chi connectivity index (χ0v) is 22.4. The maximum Gasteiger partial charge on any atom is 0.262 e. The van der Waals surface area contributed by atoms with Crippen LogP contribution in [-0.2, 0) is 9.59 Å². The van der Waals surface area contributed by atoms with Gasteiger partial charge in [-0.1, -0.05) is 0 Å². The van der Waals surface area contributed by atoms with Gasteiger partial charge in [0.2, 0.25) is 5.91 Å². The monoisotopic (exact) mass is 556 g/mol. The van der Waals surface area contributed by atoms with Gasteiger partial charge in [0.15, 0.2) is 0 Å². The molecule has 1 unspecified atom stereocenters. The highest BCUT2D eigenvalue weighted by molar-refractivity contribution is 6.23. The van der Waals surface area contributed by atoms with E-state index in [1.807, 2.05) is 0 Å². The molecule has 2 aromatic rings. The van der Waals surface area contributed by atoms with Gasteiger partial charge < -0.3 is 32.7 Å². The quantitative estimate of drug-likeness (QED) is 0.148. The summed E-state index contributed by atoms with van der Waals surface area (Å²) in [5, 5.41) is 10.8. The molecule has 1 aromatic carbocycles. The fourth-order valence-electron chi connectivity index (χ4n) is 5.15. The number of aliphatic imine (C=N–C) groups is 1. The number of anilines is 2. The van der Waals surface area contributed by atoms with E-state index in [0.29, 0.717) is 34.8 Å². The highest BCUT2D eigenvalue weighted by atomic mass is 16.2. The van der Waals surface area contributed by atoms with E-state index in [9.17, 15) is 19.2 Å². The lowest BCUT2D eigenvalue weighted by atomic mass is 9.87. The van der Waals surface area contributed by atoms with Gasteiger partial charge >= 0.3 is 0 Å². The first-order chi connectivity index (χ1) is 19.7. The molecule has 0 bridgehead atoms. The normalized spacial score (nSPS) is 21.2. The third-order valence-electron chi connectivity index (χ3n) is 7.74. The van der Waals surface area contributed by atoms with Gasteiger partial charge in [0.25, 0.3) is 11.8 Å². The number of carbonyl (C=O) groups is 4. The summed E-state index contributed by atoms with van der Waals surface area (Å²) in [5.41, 5.74) is 22.1. The lowest BCUT2D eigenvalue weighted by molar-refractivity contribution is -0.122. The summed E-state index contributed by atoms with van der Waals surface area (Å²) in [5.74, 6) is -1.72. The van der Waals surface area contributed by atoms with Crippen LogP contribution in [0.5, 0.6) is 0 Å². The predicted molar refractivity (Wildman–Crippen MR) is 155 cm³/mol. The summed E-state index contributed by atoms with van der Waals surface area (Å²) in [6, 6.07) is 5.60. The van der Waals surface area contributed by atoms with Gasteiger partial charge in [-0.15, -0.1) is 0 Å². The Hall–Kier alpha value is -4.87. The Bertz CT molecular complexity index is 1490. The number of nitrogens with zero attached hydrogens (tertiary/aromatic N) is 3. The van der Waals surface area contributed by atoms with Crippen molar-refractivity contribution in [1.29, 1.82) is 5.41 Å². The van der Waals surface area contributed by atoms with Crippen molar-refractivity contribution < 1.29 is 19.2 Å². The van der Waals surface area contributed by atoms with E-state index < -0.39 is 23.8 Å². The molecule has 1 atom stereocenters. The van der Waals surface area contributed by atoms with Crippen molar-refractivity contribution in [2.24, 2.45) is 22.4 Å². The second-order valence-electron chi connectivity index (χ2n) is 10.6. The molecule has 8 N–H and O–H groups in total. The molecule has 2 fully saturated rings. The van der Waals surface area contributed by atoms with Crippen molar-refractivity contribution in [1.82, 2.24) is 9.88 Å². The number of carbonyl (C=O) groups excluding carboxylic acids is 4. The van der Waals surface area contributed by atoms with Crippen molar-refractivity contribution >= 4 is 53.4 Å². The number of benzene rings is 1. The fraction of sp³-hybridized carbons (Fsp3) is 0.345. The van der Waals surface area contributed by atoms with Crippen LogP contribution in [0.15, 0.2) is 41.2 Å². The average molecular weight is 557 g/mol. The number of aromatic nitrogens is 1. The van der Waals surface area contributed by atoms with E-state index in [4.69, 9.17) is 27.6 Å². The zero-order valence-electron chi connectivity index (χ0n) is 22.4. The largest absolute Gasteiger partial charge is 0.401 e. The van der Waals surface area contributed by atoms with Gasteiger partial charge in [-0.25, -0.2) is 0 Å². The molecule has 2 aliphatic carbocycles. The number of fused-ring (bicyclic) bond motifs is 1. The molecular formula is C29H32N8O4. The van der Waals surface area contributed by atoms with E-state index in [-0.39, 0.29) is 36.1 Å². The van der Waals surface area contributed by atoms with E-state index in [0.717, 1.165) is 48.1 Å². The summed E-state index contributed by atoms with van der Waals surface area (Å²) in [7, 11) is 0. The Balaban J connectivity index is 1.24. The number of allylic oxidation sites excluding steroid dienone is 2. The molecule has 5 rings (SSSR count). The lowest BCUT2D eigenvalue weighted by Gasteiger charge is -2.34. The molecule has 0 saturated heterocycles. The van der Waals surface area contributed by atoms with E-state index in [1.165, 1.54) is 0 Å². The van der Waals surface area contributed by atoms with Crippen LogP contribution in [0, 0.1) is 11.3 Å². The van der Waals surface area contributed by atoms with Crippen LogP contribution in [0.3, 0.4) is 0 Å². The standard InChI is InChI=1S/C29H32N8O4/c30-12-16-13-35-24(11-23(16)31)22(26(32)15-3-4-15)14-34-18-8-19(9-18)36-17-5-6-20-21(10-17)29(41)37(28(20)40)25(27(33)39)2-1-7-38/h5-7,10-15,18-19,25,30,36H,1-4,8-9,32H2,(H2,31,35)(H2,33,39). The van der Waals surface area contributed by atoms with Gasteiger partial charge in [-0.2, -0.15) is 0 Å². The van der Waals surface area contributed by atoms with Gasteiger partial charge in [0.1, 0.15) is 12.3 Å². The predicted octanol–water partition coefficient (Wildman–Crippen LogP) is 1.88. The first-order valence-electron chi connectivity index (χ1n) is 13.5. The van der Waals surface area contributed by atoms with E-state index >= 15 is 0 Å². The van der Waals surface area contributed by atoms with Crippen LogP contribution < -0.4 is 22.5 Å². The minimum Gasteiger partial charge on any atom is -0.401 e. The van der Waals surface area contributed by atoms with Crippen LogP contribution in [0.25, 0.3) is 5.57 Å². The summed E-state index contributed by atoms with van der Waals surface area (Å²) < 4.78 is 0. The molecule has 2 heterocycles. The zero-order chi connectivity index (χ0) is 29.3. The maximum atomic E-state index is 13.0. The van der Waals surface area contributed by atoms with Gasteiger partial charge in [-0.3, -0.25) is 29.3 Å². The summed E-state index contributed by atoms with van der Waals surface area (Å²) in [6.45, 7) is 0. The Labute approximate surface area is 236 Å². The Morgan fingerprint density at radius 3 is 2.54 bits per heavy atom. The summed E-state index contributed by atoms with van der Waals surface area (Å²) in [4.78, 5) is 58.7. The van der Waals surface area contributed by atoms with E-state index in [1.54, 1.807) is 36.7 Å². The second kappa shape index (κ2) is 11.3. The number of imide groups is 1. The second-order valence-corrected chi connectivity index (χ2v) is 10.6. The van der Waals surface area contributed by atoms with Gasteiger partial charge in [0, 0.05) is 59.3 Å². The number of nitrogen functional groups attached to an aromatic ring is 1. The van der Waals surface area contributed by atoms with Crippen molar-refractivity contribution in [2.75, 3.05) is 11.1 Å². The summed E-state index contributed by atoms with van der Waals surface area (Å²) in [6.07, 6.45) is 8.66. The van der Waals surface area contributed by atoms with Crippen LogP contribution in [0.4, 0.5) is 11.4 Å². The number of nitrogens with one attached hydrogen (secondary N) is 2. The number of hydrogen-bond donors (Lipinski definition) is 5. The first-order valence-corrected chi connectivity index (χ1v) is 13.5. The van der Waals surface area contributed by atoms with Crippen LogP contribution >= 0.6 is 0 Å². The lowest BCUT2D eigenvalue weighted by Crippen LogP contribution is -2.47. The molecule has 2 saturated carbocycles. The number of amides is 3. The number of pyridine rings is 1. The minimum atomic E-state index is -1.18. The maximum absolute atomic E-state index is 13.0. The van der Waals surface area contributed by atoms with Gasteiger partial charge in [-0.05, 0) is 62.3 Å². The number of nitrogens with two attached hydrogens (primary N) is 3. The molecule has 212 valence electrons. The molecule has 3 amide bonds. The molecule has 0 spiro atoms. The topological polar surface area (TPSA) is 211 Å². The Morgan fingerprint density at radius 2 is 1.90 bits per heavy atom. The molecular weight excluding hydrogens is 524 g/mol.